The van der Waals surface area contributed by atoms with Gasteiger partial charge in [0.25, 0.3) is 0 Å². The maximum absolute atomic E-state index is 12.4. The molecule has 1 heterocycles. The third kappa shape index (κ3) is 4.94. The SMILES string of the molecule is CC(C(=O)NC(=O)Nc1ccc2c(c1)OCCO2)N(C)Cc1ccccc1Cl. The summed E-state index contributed by atoms with van der Waals surface area (Å²) < 4.78 is 10.9. The zero-order valence-corrected chi connectivity index (χ0v) is 16.5. The summed E-state index contributed by atoms with van der Waals surface area (Å²) in [5.74, 6) is 0.774. The monoisotopic (exact) mass is 403 g/mol. The average Bonchev–Trinajstić information content (AvgIpc) is 2.68. The molecule has 8 heteroatoms. The number of carbonyl (C=O) groups excluding carboxylic acids is 2. The molecule has 148 valence electrons. The Hall–Kier alpha value is -2.77. The van der Waals surface area contributed by atoms with Crippen molar-refractivity contribution < 1.29 is 19.1 Å². The van der Waals surface area contributed by atoms with E-state index in [0.29, 0.717) is 42.0 Å². The van der Waals surface area contributed by atoms with Crippen LogP contribution in [0.1, 0.15) is 12.5 Å². The Bertz CT molecular complexity index is 874. The molecule has 0 bridgehead atoms. The zero-order chi connectivity index (χ0) is 20.1. The van der Waals surface area contributed by atoms with E-state index in [4.69, 9.17) is 21.1 Å². The number of halogens is 1. The molecule has 28 heavy (non-hydrogen) atoms. The summed E-state index contributed by atoms with van der Waals surface area (Å²) in [5, 5.41) is 5.62. The fourth-order valence-electron chi connectivity index (χ4n) is 2.73. The van der Waals surface area contributed by atoms with Gasteiger partial charge in [-0.2, -0.15) is 0 Å². The molecule has 3 amide bonds. The molecule has 1 aliphatic heterocycles. The van der Waals surface area contributed by atoms with Crippen molar-refractivity contribution in [2.24, 2.45) is 0 Å². The minimum absolute atomic E-state index is 0.412. The van der Waals surface area contributed by atoms with Crippen LogP contribution in [0.25, 0.3) is 0 Å². The van der Waals surface area contributed by atoms with Gasteiger partial charge < -0.3 is 14.8 Å². The molecule has 1 unspecified atom stereocenters. The predicted octanol–water partition coefficient (Wildman–Crippen LogP) is 3.28. The van der Waals surface area contributed by atoms with Crippen LogP contribution in [0.2, 0.25) is 5.02 Å². The molecule has 7 nitrogen and oxygen atoms in total. The molecule has 2 aromatic carbocycles. The highest BCUT2D eigenvalue weighted by Gasteiger charge is 2.21. The van der Waals surface area contributed by atoms with Crippen LogP contribution in [-0.2, 0) is 11.3 Å². The molecule has 0 saturated heterocycles. The van der Waals surface area contributed by atoms with Gasteiger partial charge in [-0.3, -0.25) is 15.0 Å². The topological polar surface area (TPSA) is 79.9 Å². The van der Waals surface area contributed by atoms with Crippen LogP contribution in [0, 0.1) is 0 Å². The number of imide groups is 1. The first kappa shape index (κ1) is 20.0. The zero-order valence-electron chi connectivity index (χ0n) is 15.7. The van der Waals surface area contributed by atoms with Gasteiger partial charge in [0, 0.05) is 23.3 Å². The molecule has 0 aromatic heterocycles. The molecule has 1 aliphatic rings. The highest BCUT2D eigenvalue weighted by atomic mass is 35.5. The van der Waals surface area contributed by atoms with E-state index in [9.17, 15) is 9.59 Å². The van der Waals surface area contributed by atoms with Crippen molar-refractivity contribution >= 4 is 29.2 Å². The van der Waals surface area contributed by atoms with Gasteiger partial charge in [0.1, 0.15) is 13.2 Å². The summed E-state index contributed by atoms with van der Waals surface area (Å²) in [4.78, 5) is 26.4. The number of benzene rings is 2. The van der Waals surface area contributed by atoms with Gasteiger partial charge in [0.2, 0.25) is 5.91 Å². The van der Waals surface area contributed by atoms with E-state index < -0.39 is 18.0 Å². The van der Waals surface area contributed by atoms with Crippen molar-refractivity contribution in [1.82, 2.24) is 10.2 Å². The number of hydrogen-bond donors (Lipinski definition) is 2. The lowest BCUT2D eigenvalue weighted by molar-refractivity contribution is -0.124. The van der Waals surface area contributed by atoms with Crippen LogP contribution in [0.5, 0.6) is 11.5 Å². The van der Waals surface area contributed by atoms with Crippen molar-refractivity contribution in [1.29, 1.82) is 0 Å². The predicted molar refractivity (Wildman–Crippen MR) is 107 cm³/mol. The van der Waals surface area contributed by atoms with E-state index in [1.807, 2.05) is 23.1 Å². The molecule has 2 N–H and O–H groups in total. The van der Waals surface area contributed by atoms with Crippen LogP contribution in [0.15, 0.2) is 42.5 Å². The number of likely N-dealkylation sites (N-methyl/N-ethyl adjacent to an activating group) is 1. The standard InChI is InChI=1S/C20H22ClN3O4/c1-13(24(2)12-14-5-3-4-6-16(14)21)19(25)23-20(26)22-15-7-8-17-18(11-15)28-10-9-27-17/h3-8,11,13H,9-10,12H2,1-2H3,(H2,22,23,25,26). The van der Waals surface area contributed by atoms with Gasteiger partial charge in [-0.05, 0) is 37.7 Å². The van der Waals surface area contributed by atoms with E-state index in [1.54, 1.807) is 38.2 Å². The molecule has 1 atom stereocenters. The summed E-state index contributed by atoms with van der Waals surface area (Å²) in [6.45, 7) is 3.16. The fraction of sp³-hybridized carbons (Fsp3) is 0.300. The van der Waals surface area contributed by atoms with E-state index in [2.05, 4.69) is 10.6 Å². The third-order valence-corrected chi connectivity index (χ3v) is 4.82. The smallest absolute Gasteiger partial charge is 0.325 e. The van der Waals surface area contributed by atoms with Gasteiger partial charge in [0.05, 0.1) is 6.04 Å². The number of carbonyl (C=O) groups is 2. The summed E-state index contributed by atoms with van der Waals surface area (Å²) in [7, 11) is 1.80. The number of nitrogens with zero attached hydrogens (tertiary/aromatic N) is 1. The van der Waals surface area contributed by atoms with Crippen molar-refractivity contribution in [3.05, 3.63) is 53.1 Å². The first-order chi connectivity index (χ1) is 13.4. The summed E-state index contributed by atoms with van der Waals surface area (Å²) in [6.07, 6.45) is 0. The lowest BCUT2D eigenvalue weighted by Crippen LogP contribution is -2.46. The summed E-state index contributed by atoms with van der Waals surface area (Å²) >= 11 is 6.17. The Labute approximate surface area is 168 Å². The maximum Gasteiger partial charge on any atom is 0.325 e. The summed E-state index contributed by atoms with van der Waals surface area (Å²) in [6, 6.07) is 11.4. The molecule has 0 saturated carbocycles. The van der Waals surface area contributed by atoms with Gasteiger partial charge in [-0.25, -0.2) is 4.79 Å². The second kappa shape index (κ2) is 8.95. The average molecular weight is 404 g/mol. The fourth-order valence-corrected chi connectivity index (χ4v) is 2.93. The number of nitrogens with one attached hydrogen (secondary N) is 2. The van der Waals surface area contributed by atoms with Crippen LogP contribution in [-0.4, -0.2) is 43.1 Å². The number of ether oxygens (including phenoxy) is 2. The van der Waals surface area contributed by atoms with Crippen LogP contribution in [0.3, 0.4) is 0 Å². The highest BCUT2D eigenvalue weighted by Crippen LogP contribution is 2.32. The number of hydrogen-bond acceptors (Lipinski definition) is 5. The van der Waals surface area contributed by atoms with Gasteiger partial charge >= 0.3 is 6.03 Å². The normalized spacial score (nSPS) is 13.7. The van der Waals surface area contributed by atoms with Crippen molar-refractivity contribution in [2.45, 2.75) is 19.5 Å². The number of rotatable bonds is 5. The minimum atomic E-state index is -0.611. The van der Waals surface area contributed by atoms with Gasteiger partial charge in [-0.15, -0.1) is 0 Å². The molecule has 2 aromatic rings. The number of urea groups is 1. The Morgan fingerprint density at radius 3 is 2.61 bits per heavy atom. The van der Waals surface area contributed by atoms with Crippen LogP contribution in [0.4, 0.5) is 10.5 Å². The molecule has 0 radical (unpaired) electrons. The number of amides is 3. The quantitative estimate of drug-likeness (QED) is 0.800. The largest absolute Gasteiger partial charge is 0.486 e. The van der Waals surface area contributed by atoms with E-state index in [-0.39, 0.29) is 0 Å². The van der Waals surface area contributed by atoms with Gasteiger partial charge in [0.15, 0.2) is 11.5 Å². The van der Waals surface area contributed by atoms with Crippen molar-refractivity contribution in [3.63, 3.8) is 0 Å². The lowest BCUT2D eigenvalue weighted by atomic mass is 10.2. The van der Waals surface area contributed by atoms with Crippen LogP contribution >= 0.6 is 11.6 Å². The molecule has 0 aliphatic carbocycles. The number of anilines is 1. The van der Waals surface area contributed by atoms with Crippen molar-refractivity contribution in [3.8, 4) is 11.5 Å². The lowest BCUT2D eigenvalue weighted by Gasteiger charge is -2.24. The third-order valence-electron chi connectivity index (χ3n) is 4.45. The second-order valence-corrected chi connectivity index (χ2v) is 6.89. The molecular weight excluding hydrogens is 382 g/mol. The first-order valence-corrected chi connectivity index (χ1v) is 9.27. The summed E-state index contributed by atoms with van der Waals surface area (Å²) in [5.41, 5.74) is 1.42. The molecule has 0 fully saturated rings. The molecule has 0 spiro atoms. The van der Waals surface area contributed by atoms with Crippen LogP contribution < -0.4 is 20.1 Å². The van der Waals surface area contributed by atoms with Crippen molar-refractivity contribution in [2.75, 3.05) is 25.6 Å². The highest BCUT2D eigenvalue weighted by molar-refractivity contribution is 6.31. The Morgan fingerprint density at radius 2 is 1.86 bits per heavy atom. The van der Waals surface area contributed by atoms with E-state index in [0.717, 1.165) is 5.56 Å². The minimum Gasteiger partial charge on any atom is -0.486 e. The Balaban J connectivity index is 1.54. The van der Waals surface area contributed by atoms with Gasteiger partial charge in [-0.1, -0.05) is 29.8 Å². The molecular formula is C20H22ClN3O4. The van der Waals surface area contributed by atoms with E-state index in [1.165, 1.54) is 0 Å². The maximum atomic E-state index is 12.4. The first-order valence-electron chi connectivity index (χ1n) is 8.89. The number of fused-ring (bicyclic) bond motifs is 1. The van der Waals surface area contributed by atoms with E-state index >= 15 is 0 Å². The Morgan fingerprint density at radius 1 is 1.14 bits per heavy atom. The second-order valence-electron chi connectivity index (χ2n) is 6.48. The Kier molecular flexibility index (Phi) is 6.38. The molecule has 3 rings (SSSR count).